The lowest BCUT2D eigenvalue weighted by atomic mass is 9.98. The minimum Gasteiger partial charge on any atom is -0.265 e. The van der Waals surface area contributed by atoms with Crippen LogP contribution in [0.1, 0.15) is 18.4 Å². The van der Waals surface area contributed by atoms with Crippen molar-refractivity contribution in [2.75, 3.05) is 6.54 Å². The Morgan fingerprint density at radius 1 is 1.10 bits per heavy atom. The van der Waals surface area contributed by atoms with Gasteiger partial charge in [0, 0.05) is 28.8 Å². The second-order valence-electron chi connectivity index (χ2n) is 5.29. The first kappa shape index (κ1) is 14.7. The second-order valence-corrected chi connectivity index (χ2v) is 7.98. The number of nitrogens with one attached hydrogen (secondary N) is 1. The largest absolute Gasteiger partial charge is 0.265 e. The van der Waals surface area contributed by atoms with Crippen LogP contribution in [0.25, 0.3) is 0 Å². The molecule has 0 radical (unpaired) electrons. The third-order valence-corrected chi connectivity index (χ3v) is 5.82. The maximum Gasteiger partial charge on any atom is 0.240 e. The summed E-state index contributed by atoms with van der Waals surface area (Å²) >= 11 is 3.30. The third kappa shape index (κ3) is 3.17. The molecule has 2 aromatic rings. The summed E-state index contributed by atoms with van der Waals surface area (Å²) in [5.74, 6) is 0. The van der Waals surface area contributed by atoms with E-state index in [1.54, 1.807) is 36.7 Å². The van der Waals surface area contributed by atoms with Gasteiger partial charge in [0.2, 0.25) is 10.0 Å². The van der Waals surface area contributed by atoms with Crippen molar-refractivity contribution in [3.05, 3.63) is 58.8 Å². The fraction of sp³-hybridized carbons (Fsp3) is 0.267. The summed E-state index contributed by atoms with van der Waals surface area (Å²) in [6.07, 6.45) is 5.50. The zero-order chi connectivity index (χ0) is 14.9. The zero-order valence-corrected chi connectivity index (χ0v) is 13.7. The minimum atomic E-state index is -3.46. The van der Waals surface area contributed by atoms with Crippen LogP contribution in [0.3, 0.4) is 0 Å². The predicted molar refractivity (Wildman–Crippen MR) is 84.5 cm³/mol. The number of sulfonamides is 1. The average Bonchev–Trinajstić information content (AvgIpc) is 3.28. The normalized spacial score (nSPS) is 16.6. The summed E-state index contributed by atoms with van der Waals surface area (Å²) in [5, 5.41) is 0. The van der Waals surface area contributed by atoms with E-state index in [0.717, 1.165) is 22.9 Å². The van der Waals surface area contributed by atoms with E-state index < -0.39 is 10.0 Å². The highest BCUT2D eigenvalue weighted by Gasteiger charge is 2.44. The number of hydrogen-bond donors (Lipinski definition) is 1. The average molecular weight is 367 g/mol. The highest BCUT2D eigenvalue weighted by molar-refractivity contribution is 9.10. The molecule has 6 heteroatoms. The molecule has 1 aromatic heterocycles. The second kappa shape index (κ2) is 5.51. The first-order valence-electron chi connectivity index (χ1n) is 6.68. The molecule has 1 aliphatic carbocycles. The fourth-order valence-electron chi connectivity index (χ4n) is 2.35. The standard InChI is InChI=1S/C15H15BrN2O2S/c16-13-1-3-14(4-2-13)21(19,20)18-11-15(7-8-15)12-5-9-17-10-6-12/h1-6,9-10,18H,7-8,11H2. The van der Waals surface area contributed by atoms with Crippen LogP contribution < -0.4 is 4.72 Å². The molecule has 0 saturated heterocycles. The fourth-order valence-corrected chi connectivity index (χ4v) is 3.75. The smallest absolute Gasteiger partial charge is 0.240 e. The van der Waals surface area contributed by atoms with E-state index in [1.165, 1.54) is 0 Å². The van der Waals surface area contributed by atoms with Crippen LogP contribution in [0.2, 0.25) is 0 Å². The highest BCUT2D eigenvalue weighted by atomic mass is 79.9. The number of benzene rings is 1. The first-order chi connectivity index (χ1) is 10.0. The summed E-state index contributed by atoms with van der Waals surface area (Å²) in [7, 11) is -3.46. The lowest BCUT2D eigenvalue weighted by molar-refractivity contribution is 0.567. The predicted octanol–water partition coefficient (Wildman–Crippen LogP) is 2.85. The Labute approximate surface area is 132 Å². The summed E-state index contributed by atoms with van der Waals surface area (Å²) in [5.41, 5.74) is 1.08. The molecule has 21 heavy (non-hydrogen) atoms. The van der Waals surface area contributed by atoms with E-state index in [0.29, 0.717) is 6.54 Å². The third-order valence-electron chi connectivity index (χ3n) is 3.87. The maximum atomic E-state index is 12.3. The Morgan fingerprint density at radius 3 is 2.29 bits per heavy atom. The van der Waals surface area contributed by atoms with Crippen molar-refractivity contribution in [3.8, 4) is 0 Å². The number of pyridine rings is 1. The molecule has 1 aromatic carbocycles. The molecule has 1 aliphatic rings. The van der Waals surface area contributed by atoms with Gasteiger partial charge >= 0.3 is 0 Å². The van der Waals surface area contributed by atoms with Gasteiger partial charge < -0.3 is 0 Å². The summed E-state index contributed by atoms with van der Waals surface area (Å²) in [4.78, 5) is 4.30. The molecule has 0 aliphatic heterocycles. The van der Waals surface area contributed by atoms with Crippen molar-refractivity contribution in [1.82, 2.24) is 9.71 Å². The summed E-state index contributed by atoms with van der Waals surface area (Å²) in [6, 6.07) is 10.6. The molecule has 1 fully saturated rings. The number of hydrogen-bond acceptors (Lipinski definition) is 3. The van der Waals surface area contributed by atoms with Crippen LogP contribution in [-0.2, 0) is 15.4 Å². The lowest BCUT2D eigenvalue weighted by Crippen LogP contribution is -2.32. The van der Waals surface area contributed by atoms with Crippen LogP contribution in [0.4, 0.5) is 0 Å². The molecule has 0 atom stereocenters. The van der Waals surface area contributed by atoms with Gasteiger partial charge in [-0.05, 0) is 54.8 Å². The van der Waals surface area contributed by atoms with Crippen LogP contribution in [0.5, 0.6) is 0 Å². The van der Waals surface area contributed by atoms with Gasteiger partial charge in [-0.15, -0.1) is 0 Å². The van der Waals surface area contributed by atoms with Crippen molar-refractivity contribution in [2.24, 2.45) is 0 Å². The highest BCUT2D eigenvalue weighted by Crippen LogP contribution is 2.47. The van der Waals surface area contributed by atoms with E-state index in [-0.39, 0.29) is 10.3 Å². The molecular formula is C15H15BrN2O2S. The molecule has 0 unspecified atom stereocenters. The van der Waals surface area contributed by atoms with Gasteiger partial charge in [0.1, 0.15) is 0 Å². The van der Waals surface area contributed by atoms with E-state index in [4.69, 9.17) is 0 Å². The van der Waals surface area contributed by atoms with E-state index >= 15 is 0 Å². The molecule has 4 nitrogen and oxygen atoms in total. The Kier molecular flexibility index (Phi) is 3.86. The zero-order valence-electron chi connectivity index (χ0n) is 11.3. The minimum absolute atomic E-state index is 0.0641. The van der Waals surface area contributed by atoms with Gasteiger partial charge in [0.15, 0.2) is 0 Å². The van der Waals surface area contributed by atoms with Gasteiger partial charge in [-0.1, -0.05) is 15.9 Å². The number of rotatable bonds is 5. The van der Waals surface area contributed by atoms with Gasteiger partial charge in [0.25, 0.3) is 0 Å². The van der Waals surface area contributed by atoms with Crippen molar-refractivity contribution < 1.29 is 8.42 Å². The summed E-state index contributed by atoms with van der Waals surface area (Å²) < 4.78 is 28.2. The van der Waals surface area contributed by atoms with Crippen molar-refractivity contribution in [3.63, 3.8) is 0 Å². The van der Waals surface area contributed by atoms with E-state index in [2.05, 4.69) is 25.6 Å². The van der Waals surface area contributed by atoms with Gasteiger partial charge in [0.05, 0.1) is 4.90 Å². The van der Waals surface area contributed by atoms with E-state index in [9.17, 15) is 8.42 Å². The summed E-state index contributed by atoms with van der Waals surface area (Å²) in [6.45, 7) is 0.426. The van der Waals surface area contributed by atoms with Crippen LogP contribution in [0.15, 0.2) is 58.2 Å². The van der Waals surface area contributed by atoms with Crippen LogP contribution >= 0.6 is 15.9 Å². The number of aromatic nitrogens is 1. The molecule has 0 amide bonds. The molecule has 110 valence electrons. The van der Waals surface area contributed by atoms with Crippen LogP contribution in [0, 0.1) is 0 Å². The lowest BCUT2D eigenvalue weighted by Gasteiger charge is -2.16. The maximum absolute atomic E-state index is 12.3. The molecule has 1 heterocycles. The Balaban J connectivity index is 1.74. The van der Waals surface area contributed by atoms with Gasteiger partial charge in [-0.3, -0.25) is 4.98 Å². The topological polar surface area (TPSA) is 59.1 Å². The molecular weight excluding hydrogens is 352 g/mol. The Bertz CT molecular complexity index is 726. The van der Waals surface area contributed by atoms with Crippen molar-refractivity contribution >= 4 is 26.0 Å². The Morgan fingerprint density at radius 2 is 1.71 bits per heavy atom. The Hall–Kier alpha value is -1.24. The molecule has 0 bridgehead atoms. The van der Waals surface area contributed by atoms with E-state index in [1.807, 2.05) is 12.1 Å². The molecule has 3 rings (SSSR count). The first-order valence-corrected chi connectivity index (χ1v) is 8.95. The van der Waals surface area contributed by atoms with Crippen molar-refractivity contribution in [2.45, 2.75) is 23.2 Å². The SMILES string of the molecule is O=S(=O)(NCC1(c2ccncc2)CC1)c1ccc(Br)cc1. The van der Waals surface area contributed by atoms with Gasteiger partial charge in [-0.25, -0.2) is 13.1 Å². The quantitative estimate of drug-likeness (QED) is 0.884. The molecule has 0 spiro atoms. The number of halogens is 1. The monoisotopic (exact) mass is 366 g/mol. The molecule has 1 N–H and O–H groups in total. The van der Waals surface area contributed by atoms with Crippen LogP contribution in [-0.4, -0.2) is 19.9 Å². The molecule has 1 saturated carbocycles. The van der Waals surface area contributed by atoms with Gasteiger partial charge in [-0.2, -0.15) is 0 Å². The number of nitrogens with zero attached hydrogens (tertiary/aromatic N) is 1. The van der Waals surface area contributed by atoms with Crippen molar-refractivity contribution in [1.29, 1.82) is 0 Å².